The third-order valence-electron chi connectivity index (χ3n) is 3.80. The normalized spacial score (nSPS) is 11.5. The highest BCUT2D eigenvalue weighted by Crippen LogP contribution is 2.35. The minimum atomic E-state index is 0.223. The molecule has 134 valence electrons. The summed E-state index contributed by atoms with van der Waals surface area (Å²) in [6.07, 6.45) is 4.90. The maximum absolute atomic E-state index is 9.06. The molecule has 0 amide bonds. The van der Waals surface area contributed by atoms with Gasteiger partial charge in [-0.15, -0.1) is 0 Å². The van der Waals surface area contributed by atoms with E-state index < -0.39 is 0 Å². The molecule has 0 saturated carbocycles. The summed E-state index contributed by atoms with van der Waals surface area (Å²) in [5.41, 5.74) is 2.05. The minimum Gasteiger partial charge on any atom is -0.411 e. The van der Waals surface area contributed by atoms with Crippen molar-refractivity contribution in [2.45, 2.75) is 36.2 Å². The number of oxime groups is 1. The average Bonchev–Trinajstić information content (AvgIpc) is 2.94. The molecule has 0 aliphatic heterocycles. The van der Waals surface area contributed by atoms with Crippen molar-refractivity contribution in [3.05, 3.63) is 70.9 Å². The number of imidazole rings is 1. The van der Waals surface area contributed by atoms with Gasteiger partial charge in [0, 0.05) is 22.3 Å². The van der Waals surface area contributed by atoms with Crippen LogP contribution in [-0.4, -0.2) is 26.0 Å². The van der Waals surface area contributed by atoms with Crippen LogP contribution in [0.5, 0.6) is 0 Å². The summed E-state index contributed by atoms with van der Waals surface area (Å²) in [7, 11) is 0. The maximum Gasteiger partial charge on any atom is 0.156 e. The lowest BCUT2D eigenvalue weighted by Crippen LogP contribution is -2.06. The van der Waals surface area contributed by atoms with Gasteiger partial charge in [-0.25, -0.2) is 4.98 Å². The first-order valence-electron chi connectivity index (χ1n) is 8.18. The highest BCUT2D eigenvalue weighted by atomic mass is 35.5. The fourth-order valence-corrected chi connectivity index (χ4v) is 4.04. The van der Waals surface area contributed by atoms with E-state index in [0.717, 1.165) is 21.2 Å². The summed E-state index contributed by atoms with van der Waals surface area (Å²) in [5.74, 6) is 0.832. The van der Waals surface area contributed by atoms with Crippen LogP contribution in [0.15, 0.2) is 63.9 Å². The summed E-state index contributed by atoms with van der Waals surface area (Å²) >= 11 is 7.75. The van der Waals surface area contributed by atoms with Crippen LogP contribution in [0.1, 0.15) is 36.8 Å². The third-order valence-corrected chi connectivity index (χ3v) is 5.14. The Balaban J connectivity index is 2.09. The molecular formula is C19H19ClN4OS. The summed E-state index contributed by atoms with van der Waals surface area (Å²) in [6, 6.07) is 11.7. The zero-order chi connectivity index (χ0) is 18.5. The van der Waals surface area contributed by atoms with E-state index in [1.165, 1.54) is 6.21 Å². The number of pyridine rings is 1. The molecule has 0 spiro atoms. The van der Waals surface area contributed by atoms with Gasteiger partial charge in [-0.2, -0.15) is 0 Å². The molecule has 1 aromatic carbocycles. The van der Waals surface area contributed by atoms with Crippen LogP contribution in [0.25, 0.3) is 0 Å². The van der Waals surface area contributed by atoms with Crippen molar-refractivity contribution in [2.24, 2.45) is 5.16 Å². The molecule has 0 atom stereocenters. The molecule has 3 rings (SSSR count). The van der Waals surface area contributed by atoms with Gasteiger partial charge in [-0.3, -0.25) is 4.98 Å². The van der Waals surface area contributed by atoms with E-state index in [2.05, 4.69) is 28.6 Å². The van der Waals surface area contributed by atoms with Crippen LogP contribution >= 0.6 is 23.4 Å². The number of hydrogen-bond acceptors (Lipinski definition) is 5. The van der Waals surface area contributed by atoms with Gasteiger partial charge in [0.2, 0.25) is 0 Å². The molecule has 3 aromatic rings. The van der Waals surface area contributed by atoms with Gasteiger partial charge < -0.3 is 9.77 Å². The fourth-order valence-electron chi connectivity index (χ4n) is 2.57. The standard InChI is InChI=1S/C19H19ClN4OS/c1-13(2)18-19(26-16-5-3-4-15(20)10-16)24(17(23-18)11-22-25)12-14-6-8-21-9-7-14/h3-11,13,25H,12H2,1-2H3. The van der Waals surface area contributed by atoms with Gasteiger partial charge in [0.05, 0.1) is 12.2 Å². The molecule has 2 heterocycles. The van der Waals surface area contributed by atoms with Crippen molar-refractivity contribution < 1.29 is 5.21 Å². The second-order valence-electron chi connectivity index (χ2n) is 6.06. The van der Waals surface area contributed by atoms with Crippen molar-refractivity contribution in [1.29, 1.82) is 0 Å². The Morgan fingerprint density at radius 2 is 2.04 bits per heavy atom. The topological polar surface area (TPSA) is 63.3 Å². The van der Waals surface area contributed by atoms with E-state index in [1.807, 2.05) is 36.4 Å². The van der Waals surface area contributed by atoms with Crippen LogP contribution in [0.3, 0.4) is 0 Å². The van der Waals surface area contributed by atoms with Crippen LogP contribution in [0.4, 0.5) is 0 Å². The van der Waals surface area contributed by atoms with Crippen LogP contribution in [0.2, 0.25) is 5.02 Å². The van der Waals surface area contributed by atoms with Crippen LogP contribution < -0.4 is 0 Å². The predicted octanol–water partition coefficient (Wildman–Crippen LogP) is 5.06. The number of halogens is 1. The van der Waals surface area contributed by atoms with Crippen molar-refractivity contribution in [3.8, 4) is 0 Å². The Bertz CT molecular complexity index is 909. The second-order valence-corrected chi connectivity index (χ2v) is 7.56. The molecule has 0 bridgehead atoms. The minimum absolute atomic E-state index is 0.223. The molecule has 7 heteroatoms. The van der Waals surface area contributed by atoms with Crippen molar-refractivity contribution in [2.75, 3.05) is 0 Å². The molecule has 26 heavy (non-hydrogen) atoms. The molecular weight excluding hydrogens is 368 g/mol. The molecule has 5 nitrogen and oxygen atoms in total. The smallest absolute Gasteiger partial charge is 0.156 e. The Hall–Kier alpha value is -2.31. The van der Waals surface area contributed by atoms with Gasteiger partial charge >= 0.3 is 0 Å². The summed E-state index contributed by atoms with van der Waals surface area (Å²) in [6.45, 7) is 4.80. The number of hydrogen-bond donors (Lipinski definition) is 1. The maximum atomic E-state index is 9.06. The zero-order valence-corrected chi connectivity index (χ0v) is 16.1. The highest BCUT2D eigenvalue weighted by molar-refractivity contribution is 7.99. The molecule has 0 aliphatic carbocycles. The van der Waals surface area contributed by atoms with E-state index in [9.17, 15) is 0 Å². The van der Waals surface area contributed by atoms with Crippen molar-refractivity contribution >= 4 is 29.6 Å². The summed E-state index contributed by atoms with van der Waals surface area (Å²) in [5, 5.41) is 14.0. The zero-order valence-electron chi connectivity index (χ0n) is 14.5. The van der Waals surface area contributed by atoms with E-state index in [-0.39, 0.29) is 5.92 Å². The predicted molar refractivity (Wildman–Crippen MR) is 105 cm³/mol. The fraction of sp³-hybridized carbons (Fsp3) is 0.211. The van der Waals surface area contributed by atoms with Crippen LogP contribution in [-0.2, 0) is 6.54 Å². The van der Waals surface area contributed by atoms with Crippen LogP contribution in [0, 0.1) is 0 Å². The largest absolute Gasteiger partial charge is 0.411 e. The molecule has 0 aliphatic rings. The first-order valence-corrected chi connectivity index (χ1v) is 9.38. The Labute approximate surface area is 161 Å². The monoisotopic (exact) mass is 386 g/mol. The molecule has 0 unspecified atom stereocenters. The quantitative estimate of drug-likeness (QED) is 0.365. The summed E-state index contributed by atoms with van der Waals surface area (Å²) in [4.78, 5) is 9.80. The van der Waals surface area contributed by atoms with Gasteiger partial charge in [0.15, 0.2) is 5.82 Å². The van der Waals surface area contributed by atoms with Crippen molar-refractivity contribution in [1.82, 2.24) is 14.5 Å². The van der Waals surface area contributed by atoms with E-state index in [4.69, 9.17) is 21.8 Å². The first kappa shape index (κ1) is 18.5. The lowest BCUT2D eigenvalue weighted by molar-refractivity contribution is 0.321. The van der Waals surface area contributed by atoms with Crippen molar-refractivity contribution in [3.63, 3.8) is 0 Å². The Morgan fingerprint density at radius 1 is 1.27 bits per heavy atom. The lowest BCUT2D eigenvalue weighted by Gasteiger charge is -2.12. The van der Waals surface area contributed by atoms with E-state index in [1.54, 1.807) is 24.2 Å². The molecule has 0 fully saturated rings. The van der Waals surface area contributed by atoms with Gasteiger partial charge in [-0.1, -0.05) is 48.4 Å². The molecule has 2 aromatic heterocycles. The first-order chi connectivity index (χ1) is 12.6. The molecule has 1 N–H and O–H groups in total. The number of benzene rings is 1. The number of rotatable bonds is 6. The third kappa shape index (κ3) is 4.26. The Morgan fingerprint density at radius 3 is 2.69 bits per heavy atom. The molecule has 0 radical (unpaired) electrons. The van der Waals surface area contributed by atoms with E-state index in [0.29, 0.717) is 17.4 Å². The van der Waals surface area contributed by atoms with E-state index >= 15 is 0 Å². The number of nitrogens with zero attached hydrogens (tertiary/aromatic N) is 4. The summed E-state index contributed by atoms with van der Waals surface area (Å²) < 4.78 is 2.05. The van der Waals surface area contributed by atoms with Gasteiger partial charge in [0.25, 0.3) is 0 Å². The van der Waals surface area contributed by atoms with Gasteiger partial charge in [0.1, 0.15) is 11.2 Å². The Kier molecular flexibility index (Phi) is 5.96. The van der Waals surface area contributed by atoms with Gasteiger partial charge in [-0.05, 0) is 41.8 Å². The molecule has 0 saturated heterocycles. The SMILES string of the molecule is CC(C)c1nc(C=NO)n(Cc2ccncc2)c1Sc1cccc(Cl)c1. The number of aromatic nitrogens is 3. The second kappa shape index (κ2) is 8.38. The highest BCUT2D eigenvalue weighted by Gasteiger charge is 2.20. The lowest BCUT2D eigenvalue weighted by atomic mass is 10.1. The average molecular weight is 387 g/mol.